The van der Waals surface area contributed by atoms with Gasteiger partial charge in [-0.1, -0.05) is 6.07 Å². The Morgan fingerprint density at radius 2 is 2.08 bits per heavy atom. The Morgan fingerprint density at radius 3 is 2.88 bits per heavy atom. The molecule has 0 radical (unpaired) electrons. The summed E-state index contributed by atoms with van der Waals surface area (Å²) in [7, 11) is 0. The van der Waals surface area contributed by atoms with Crippen molar-refractivity contribution in [3.63, 3.8) is 0 Å². The lowest BCUT2D eigenvalue weighted by atomic mass is 10.1. The molecule has 2 aromatic rings. The van der Waals surface area contributed by atoms with Gasteiger partial charge in [-0.25, -0.2) is 4.68 Å². The molecule has 0 spiro atoms. The van der Waals surface area contributed by atoms with Crippen LogP contribution in [0.2, 0.25) is 0 Å². The Morgan fingerprint density at radius 1 is 1.28 bits per heavy atom. The number of hydrogen-bond donors (Lipinski definition) is 3. The van der Waals surface area contributed by atoms with Gasteiger partial charge in [-0.3, -0.25) is 24.3 Å². The smallest absolute Gasteiger partial charge is 0.265 e. The van der Waals surface area contributed by atoms with E-state index in [0.717, 1.165) is 22.4 Å². The van der Waals surface area contributed by atoms with E-state index in [2.05, 4.69) is 15.7 Å². The lowest BCUT2D eigenvalue weighted by Crippen LogP contribution is -2.36. The van der Waals surface area contributed by atoms with Crippen molar-refractivity contribution in [1.29, 1.82) is 0 Å². The third-order valence-corrected chi connectivity index (χ3v) is 3.70. The highest BCUT2D eigenvalue weighted by Gasteiger charge is 2.18. The monoisotopic (exact) mass is 344 g/mol. The van der Waals surface area contributed by atoms with Gasteiger partial charge in [0, 0.05) is 12.1 Å². The number of H-pyrrole nitrogens is 1. The predicted octanol–water partition coefficient (Wildman–Crippen LogP) is -0.255. The highest BCUT2D eigenvalue weighted by Crippen LogP contribution is 2.30. The van der Waals surface area contributed by atoms with Crippen LogP contribution in [0.5, 0.6) is 5.75 Å². The van der Waals surface area contributed by atoms with E-state index >= 15 is 0 Å². The predicted molar refractivity (Wildman–Crippen MR) is 88.4 cm³/mol. The number of anilines is 1. The quantitative estimate of drug-likeness (QED) is 0.706. The van der Waals surface area contributed by atoms with Gasteiger partial charge in [0.25, 0.3) is 17.0 Å². The Hall–Kier alpha value is -3.36. The number of amides is 2. The molecule has 1 aromatic carbocycles. The lowest BCUT2D eigenvalue weighted by molar-refractivity contribution is -0.122. The summed E-state index contributed by atoms with van der Waals surface area (Å²) in [4.78, 5) is 46.3. The van der Waals surface area contributed by atoms with Gasteiger partial charge in [0.1, 0.15) is 12.3 Å². The van der Waals surface area contributed by atoms with Crippen LogP contribution in [0, 0.1) is 0 Å². The van der Waals surface area contributed by atoms with Crippen molar-refractivity contribution in [2.45, 2.75) is 19.5 Å². The molecule has 1 aliphatic heterocycles. The SMILES string of the molecule is CC(NC(=O)Cn1[nH]c(=O)ccc1=O)c1ccc2c(c1)NC(=O)CO2. The summed E-state index contributed by atoms with van der Waals surface area (Å²) in [5.74, 6) is -0.113. The standard InChI is InChI=1S/C16H16N4O5/c1-9(10-2-3-12-11(6-10)18-15(23)8-25-12)17-14(22)7-20-16(24)5-4-13(21)19-20/h2-6,9H,7-8H2,1H3,(H,17,22)(H,18,23)(H,19,21). The van der Waals surface area contributed by atoms with Gasteiger partial charge in [0.2, 0.25) is 5.91 Å². The fraction of sp³-hybridized carbons (Fsp3) is 0.250. The summed E-state index contributed by atoms with van der Waals surface area (Å²) in [5, 5.41) is 7.72. The van der Waals surface area contributed by atoms with E-state index in [1.54, 1.807) is 25.1 Å². The average Bonchev–Trinajstić information content (AvgIpc) is 2.57. The van der Waals surface area contributed by atoms with Gasteiger partial charge in [-0.15, -0.1) is 0 Å². The summed E-state index contributed by atoms with van der Waals surface area (Å²) < 4.78 is 6.22. The zero-order valence-corrected chi connectivity index (χ0v) is 13.4. The van der Waals surface area contributed by atoms with Crippen LogP contribution in [0.25, 0.3) is 0 Å². The Kier molecular flexibility index (Phi) is 4.38. The molecule has 1 aliphatic rings. The van der Waals surface area contributed by atoms with E-state index in [1.165, 1.54) is 0 Å². The highest BCUT2D eigenvalue weighted by molar-refractivity contribution is 5.95. The first-order chi connectivity index (χ1) is 11.9. The number of aromatic nitrogens is 2. The number of ether oxygens (including phenoxy) is 1. The van der Waals surface area contributed by atoms with E-state index in [0.29, 0.717) is 11.4 Å². The second kappa shape index (κ2) is 6.63. The maximum atomic E-state index is 12.1. The minimum Gasteiger partial charge on any atom is -0.482 e. The van der Waals surface area contributed by atoms with Crippen LogP contribution >= 0.6 is 0 Å². The van der Waals surface area contributed by atoms with Crippen molar-refractivity contribution in [2.75, 3.05) is 11.9 Å². The van der Waals surface area contributed by atoms with Crippen molar-refractivity contribution in [3.05, 3.63) is 56.6 Å². The molecule has 0 aliphatic carbocycles. The van der Waals surface area contributed by atoms with Gasteiger partial charge in [-0.05, 0) is 24.6 Å². The summed E-state index contributed by atoms with van der Waals surface area (Å²) in [6.07, 6.45) is 0. The van der Waals surface area contributed by atoms with Crippen LogP contribution in [-0.4, -0.2) is 28.2 Å². The van der Waals surface area contributed by atoms with E-state index in [4.69, 9.17) is 4.74 Å². The van der Waals surface area contributed by atoms with Crippen LogP contribution in [0.15, 0.2) is 39.9 Å². The first-order valence-electron chi connectivity index (χ1n) is 7.58. The minimum absolute atomic E-state index is 0.0251. The molecule has 2 amide bonds. The Bertz CT molecular complexity index is 946. The van der Waals surface area contributed by atoms with E-state index in [-0.39, 0.29) is 25.1 Å². The van der Waals surface area contributed by atoms with Crippen molar-refractivity contribution >= 4 is 17.5 Å². The van der Waals surface area contributed by atoms with E-state index < -0.39 is 17.0 Å². The fourth-order valence-electron chi connectivity index (χ4n) is 2.46. The highest BCUT2D eigenvalue weighted by atomic mass is 16.5. The molecule has 0 saturated carbocycles. The molecular weight excluding hydrogens is 328 g/mol. The molecule has 1 atom stereocenters. The van der Waals surface area contributed by atoms with E-state index in [1.807, 2.05) is 0 Å². The van der Waals surface area contributed by atoms with Crippen molar-refractivity contribution in [1.82, 2.24) is 15.1 Å². The Labute approximate surface area is 141 Å². The molecule has 1 unspecified atom stereocenters. The zero-order valence-electron chi connectivity index (χ0n) is 13.4. The van der Waals surface area contributed by atoms with Gasteiger partial charge < -0.3 is 15.4 Å². The van der Waals surface area contributed by atoms with Gasteiger partial charge in [0.05, 0.1) is 11.7 Å². The number of nitrogens with one attached hydrogen (secondary N) is 3. The molecule has 3 rings (SSSR count). The number of hydrogen-bond acceptors (Lipinski definition) is 5. The first-order valence-corrected chi connectivity index (χ1v) is 7.58. The molecule has 1 aromatic heterocycles. The topological polar surface area (TPSA) is 122 Å². The minimum atomic E-state index is -0.476. The van der Waals surface area contributed by atoms with Crippen LogP contribution in [0.1, 0.15) is 18.5 Å². The second-order valence-electron chi connectivity index (χ2n) is 5.62. The number of benzene rings is 1. The van der Waals surface area contributed by atoms with E-state index in [9.17, 15) is 19.2 Å². The third kappa shape index (κ3) is 3.77. The van der Waals surface area contributed by atoms with Crippen LogP contribution in [0.3, 0.4) is 0 Å². The fourth-order valence-corrected chi connectivity index (χ4v) is 2.46. The second-order valence-corrected chi connectivity index (χ2v) is 5.62. The normalized spacial score (nSPS) is 14.0. The summed E-state index contributed by atoms with van der Waals surface area (Å²) in [6.45, 7) is 1.44. The molecule has 9 nitrogen and oxygen atoms in total. The molecule has 3 N–H and O–H groups in total. The number of fused-ring (bicyclic) bond motifs is 1. The Balaban J connectivity index is 1.70. The van der Waals surface area contributed by atoms with Gasteiger partial charge in [0.15, 0.2) is 6.61 Å². The third-order valence-electron chi connectivity index (χ3n) is 3.70. The van der Waals surface area contributed by atoms with Gasteiger partial charge in [-0.2, -0.15) is 0 Å². The van der Waals surface area contributed by atoms with Crippen LogP contribution in [-0.2, 0) is 16.1 Å². The summed E-state index contributed by atoms with van der Waals surface area (Å²) in [6, 6.07) is 7.03. The first kappa shape index (κ1) is 16.5. The van der Waals surface area contributed by atoms with Gasteiger partial charge >= 0.3 is 0 Å². The number of nitrogens with zero attached hydrogens (tertiary/aromatic N) is 1. The molecule has 0 saturated heterocycles. The summed E-state index contributed by atoms with van der Waals surface area (Å²) in [5.41, 5.74) is 0.354. The molecule has 130 valence electrons. The number of rotatable bonds is 4. The largest absolute Gasteiger partial charge is 0.482 e. The molecule has 0 fully saturated rings. The number of aromatic amines is 1. The van der Waals surface area contributed by atoms with Crippen LogP contribution < -0.4 is 26.5 Å². The lowest BCUT2D eigenvalue weighted by Gasteiger charge is -2.21. The molecule has 0 bridgehead atoms. The molecule has 9 heteroatoms. The van der Waals surface area contributed by atoms with Crippen molar-refractivity contribution < 1.29 is 14.3 Å². The van der Waals surface area contributed by atoms with Crippen LogP contribution in [0.4, 0.5) is 5.69 Å². The zero-order chi connectivity index (χ0) is 18.0. The average molecular weight is 344 g/mol. The molecule has 2 heterocycles. The van der Waals surface area contributed by atoms with Crippen molar-refractivity contribution in [3.8, 4) is 5.75 Å². The summed E-state index contributed by atoms with van der Waals surface area (Å²) >= 11 is 0. The maximum absolute atomic E-state index is 12.1. The molecule has 25 heavy (non-hydrogen) atoms. The number of carbonyl (C=O) groups is 2. The van der Waals surface area contributed by atoms with Crippen molar-refractivity contribution in [2.24, 2.45) is 0 Å². The number of carbonyl (C=O) groups excluding carboxylic acids is 2. The maximum Gasteiger partial charge on any atom is 0.265 e. The molecular formula is C16H16N4O5.